The molecule has 1 aliphatic carbocycles. The third-order valence-electron chi connectivity index (χ3n) is 4.78. The van der Waals surface area contributed by atoms with E-state index in [4.69, 9.17) is 9.47 Å². The summed E-state index contributed by atoms with van der Waals surface area (Å²) >= 11 is 0. The van der Waals surface area contributed by atoms with Gasteiger partial charge in [-0.3, -0.25) is 4.89 Å². The van der Waals surface area contributed by atoms with Crippen molar-refractivity contribution in [2.75, 3.05) is 6.61 Å². The molecule has 7 heteroatoms. The molecule has 0 spiro atoms. The normalized spacial score (nSPS) is 19.9. The molecule has 7 nitrogen and oxygen atoms in total. The van der Waals surface area contributed by atoms with Crippen molar-refractivity contribution in [2.45, 2.75) is 59.5 Å². The highest BCUT2D eigenvalue weighted by Crippen LogP contribution is 2.38. The zero-order chi connectivity index (χ0) is 19.9. The molecule has 1 aromatic rings. The van der Waals surface area contributed by atoms with E-state index in [-0.39, 0.29) is 17.1 Å². The second-order valence-electron chi connectivity index (χ2n) is 7.66. The number of hydrogen-bond acceptors (Lipinski definition) is 7. The second kappa shape index (κ2) is 9.60. The quantitative estimate of drug-likeness (QED) is 0.396. The Balaban J connectivity index is 1.72. The topological polar surface area (TPSA) is 80.3 Å². The summed E-state index contributed by atoms with van der Waals surface area (Å²) < 4.78 is 10.5. The van der Waals surface area contributed by atoms with Crippen LogP contribution in [-0.2, 0) is 19.6 Å². The van der Waals surface area contributed by atoms with Crippen LogP contribution < -0.4 is 4.74 Å². The summed E-state index contributed by atoms with van der Waals surface area (Å²) in [6, 6.07) is 6.53. The van der Waals surface area contributed by atoms with Crippen LogP contribution in [0, 0.1) is 11.3 Å². The summed E-state index contributed by atoms with van der Waals surface area (Å²) in [6.45, 7) is 8.86. The summed E-state index contributed by atoms with van der Waals surface area (Å²) in [7, 11) is 0. The van der Waals surface area contributed by atoms with E-state index in [1.165, 1.54) is 6.07 Å². The number of benzene rings is 1. The molecule has 0 aromatic heterocycles. The van der Waals surface area contributed by atoms with Gasteiger partial charge in [0.2, 0.25) is 0 Å². The van der Waals surface area contributed by atoms with Crippen LogP contribution in [0.2, 0.25) is 0 Å². The Morgan fingerprint density at radius 2 is 1.70 bits per heavy atom. The van der Waals surface area contributed by atoms with Crippen LogP contribution in [0.1, 0.15) is 63.7 Å². The zero-order valence-corrected chi connectivity index (χ0v) is 16.4. The lowest BCUT2D eigenvalue weighted by atomic mass is 9.72. The first kappa shape index (κ1) is 21.0. The van der Waals surface area contributed by atoms with Gasteiger partial charge in [-0.25, -0.2) is 14.5 Å². The summed E-state index contributed by atoms with van der Waals surface area (Å²) in [6.07, 6.45) is 2.29. The van der Waals surface area contributed by atoms with Gasteiger partial charge in [0, 0.05) is 0 Å². The number of carbonyl (C=O) groups is 2. The van der Waals surface area contributed by atoms with E-state index < -0.39 is 12.1 Å². The molecule has 1 saturated carbocycles. The molecular formula is C20H28O7. The van der Waals surface area contributed by atoms with Crippen molar-refractivity contribution in [1.82, 2.24) is 0 Å². The first-order valence-electron chi connectivity index (χ1n) is 9.29. The monoisotopic (exact) mass is 380 g/mol. The molecule has 0 radical (unpaired) electrons. The molecule has 1 aromatic carbocycles. The molecule has 0 bridgehead atoms. The van der Waals surface area contributed by atoms with Gasteiger partial charge in [0.15, 0.2) is 0 Å². The van der Waals surface area contributed by atoms with Crippen LogP contribution in [0.15, 0.2) is 24.3 Å². The van der Waals surface area contributed by atoms with Crippen molar-refractivity contribution in [2.24, 2.45) is 11.3 Å². The number of ether oxygens (including phenoxy) is 2. The van der Waals surface area contributed by atoms with Gasteiger partial charge in [0.05, 0.1) is 11.6 Å². The smallest absolute Gasteiger partial charge is 0.493 e. The van der Waals surface area contributed by atoms with Gasteiger partial charge in [-0.1, -0.05) is 32.9 Å². The number of rotatable bonds is 6. The van der Waals surface area contributed by atoms with Gasteiger partial charge >= 0.3 is 12.1 Å². The average molecular weight is 380 g/mol. The minimum atomic E-state index is -1.03. The van der Waals surface area contributed by atoms with Crippen molar-refractivity contribution >= 4 is 12.1 Å². The van der Waals surface area contributed by atoms with Gasteiger partial charge in [-0.05, 0) is 56.1 Å². The highest BCUT2D eigenvalue weighted by molar-refractivity contribution is 5.92. The van der Waals surface area contributed by atoms with Crippen molar-refractivity contribution < 1.29 is 33.9 Å². The maximum atomic E-state index is 12.0. The summed E-state index contributed by atoms with van der Waals surface area (Å²) in [5.74, 6) is 0.125. The van der Waals surface area contributed by atoms with Gasteiger partial charge in [-0.2, -0.15) is 0 Å². The number of para-hydroxylation sites is 1. The van der Waals surface area contributed by atoms with Crippen LogP contribution >= 0.6 is 0 Å². The highest BCUT2D eigenvalue weighted by atomic mass is 17.5. The van der Waals surface area contributed by atoms with E-state index in [9.17, 15) is 9.59 Å². The van der Waals surface area contributed by atoms with E-state index in [0.29, 0.717) is 18.3 Å². The molecular weight excluding hydrogens is 352 g/mol. The van der Waals surface area contributed by atoms with E-state index in [2.05, 4.69) is 35.6 Å². The molecule has 1 aliphatic rings. The average Bonchev–Trinajstić information content (AvgIpc) is 2.62. The highest BCUT2D eigenvalue weighted by Gasteiger charge is 2.31. The van der Waals surface area contributed by atoms with Crippen LogP contribution in [-0.4, -0.2) is 24.8 Å². The lowest BCUT2D eigenvalue weighted by molar-refractivity contribution is -0.453. The third-order valence-corrected chi connectivity index (χ3v) is 4.78. The Labute approximate surface area is 159 Å². The molecule has 2 rings (SSSR count). The minimum Gasteiger partial charge on any atom is -0.493 e. The Hall–Kier alpha value is -2.28. The summed E-state index contributed by atoms with van der Waals surface area (Å²) in [4.78, 5) is 32.6. The fourth-order valence-electron chi connectivity index (χ4n) is 3.24. The predicted molar refractivity (Wildman–Crippen MR) is 96.9 cm³/mol. The van der Waals surface area contributed by atoms with E-state index in [1.54, 1.807) is 25.1 Å². The van der Waals surface area contributed by atoms with Crippen molar-refractivity contribution in [3.63, 3.8) is 0 Å². The van der Waals surface area contributed by atoms with Crippen LogP contribution in [0.4, 0.5) is 4.79 Å². The minimum absolute atomic E-state index is 0.164. The molecule has 150 valence electrons. The molecule has 0 aliphatic heterocycles. The molecule has 0 N–H and O–H groups in total. The molecule has 0 atom stereocenters. The predicted octanol–water partition coefficient (Wildman–Crippen LogP) is 4.85. The lowest BCUT2D eigenvalue weighted by Crippen LogP contribution is -2.30. The van der Waals surface area contributed by atoms with Gasteiger partial charge in [0.1, 0.15) is 17.4 Å². The third kappa shape index (κ3) is 6.43. The van der Waals surface area contributed by atoms with Crippen LogP contribution in [0.25, 0.3) is 0 Å². The van der Waals surface area contributed by atoms with E-state index in [0.717, 1.165) is 25.7 Å². The maximum absolute atomic E-state index is 12.0. The molecule has 1 fully saturated rings. The standard InChI is InChI=1S/C20H28O7/c1-5-23-17-9-7-6-8-16(17)18(21)25-27-26-19(22)24-15-12-10-14(11-13-15)20(2,3)4/h6-9,14-15H,5,10-13H2,1-4H3. The van der Waals surface area contributed by atoms with E-state index >= 15 is 0 Å². The lowest BCUT2D eigenvalue weighted by Gasteiger charge is -2.36. The van der Waals surface area contributed by atoms with Gasteiger partial charge in [-0.15, -0.1) is 0 Å². The van der Waals surface area contributed by atoms with Crippen LogP contribution in [0.5, 0.6) is 5.75 Å². The molecule has 0 unspecified atom stereocenters. The number of hydrogen-bond donors (Lipinski definition) is 0. The molecule has 0 saturated heterocycles. The summed E-state index contributed by atoms with van der Waals surface area (Å²) in [5.41, 5.74) is 0.414. The number of carbonyl (C=O) groups excluding carboxylic acids is 2. The summed E-state index contributed by atoms with van der Waals surface area (Å²) in [5, 5.41) is 4.28. The zero-order valence-electron chi connectivity index (χ0n) is 16.4. The second-order valence-corrected chi connectivity index (χ2v) is 7.66. The Kier molecular flexibility index (Phi) is 7.47. The largest absolute Gasteiger partial charge is 0.543 e. The first-order valence-corrected chi connectivity index (χ1v) is 9.29. The van der Waals surface area contributed by atoms with Gasteiger partial charge < -0.3 is 9.47 Å². The van der Waals surface area contributed by atoms with Crippen LogP contribution in [0.3, 0.4) is 0 Å². The molecule has 0 amide bonds. The SMILES string of the molecule is CCOc1ccccc1C(=O)OOOC(=O)OC1CCC(C(C)(C)C)CC1. The Morgan fingerprint density at radius 3 is 2.33 bits per heavy atom. The van der Waals surface area contributed by atoms with E-state index in [1.807, 2.05) is 0 Å². The maximum Gasteiger partial charge on any atom is 0.543 e. The van der Waals surface area contributed by atoms with Crippen molar-refractivity contribution in [3.05, 3.63) is 29.8 Å². The Bertz CT molecular complexity index is 627. The Morgan fingerprint density at radius 1 is 1.04 bits per heavy atom. The fourth-order valence-corrected chi connectivity index (χ4v) is 3.24. The van der Waals surface area contributed by atoms with Crippen molar-refractivity contribution in [1.29, 1.82) is 0 Å². The fraction of sp³-hybridized carbons (Fsp3) is 0.600. The molecule has 27 heavy (non-hydrogen) atoms. The van der Waals surface area contributed by atoms with Crippen molar-refractivity contribution in [3.8, 4) is 5.75 Å². The molecule has 0 heterocycles. The van der Waals surface area contributed by atoms with Gasteiger partial charge in [0.25, 0.3) is 0 Å². The first-order chi connectivity index (χ1) is 12.8.